The second-order valence-electron chi connectivity index (χ2n) is 7.68. The standard InChI is InChI=1S/C22H30N4O3/c1-27-18-5-6-20(21(12-18)28-2)22-16(13-24-25-22)15-26-10-7-17(8-11-26)29-19-4-3-9-23-14-19/h3-6,9,12,14,16-17,22,24-25H,7-8,10-11,13,15H2,1-2H3. The molecule has 2 atom stereocenters. The average Bonchev–Trinajstić information content (AvgIpc) is 3.23. The van der Waals surface area contributed by atoms with Crippen molar-refractivity contribution in [2.75, 3.05) is 40.4 Å². The van der Waals surface area contributed by atoms with Crippen LogP contribution >= 0.6 is 0 Å². The third-order valence-corrected chi connectivity index (χ3v) is 5.83. The fraction of sp³-hybridized carbons (Fsp3) is 0.500. The Bertz CT molecular complexity index is 781. The number of benzene rings is 1. The van der Waals surface area contributed by atoms with E-state index in [0.29, 0.717) is 5.92 Å². The molecule has 2 saturated heterocycles. The van der Waals surface area contributed by atoms with Crippen LogP contribution in [0.5, 0.6) is 17.2 Å². The van der Waals surface area contributed by atoms with Gasteiger partial charge in [0, 0.05) is 49.9 Å². The fourth-order valence-electron chi connectivity index (χ4n) is 4.26. The van der Waals surface area contributed by atoms with Crippen molar-refractivity contribution < 1.29 is 14.2 Å². The Morgan fingerprint density at radius 2 is 1.97 bits per heavy atom. The number of methoxy groups -OCH3 is 2. The number of nitrogens with one attached hydrogen (secondary N) is 2. The lowest BCUT2D eigenvalue weighted by molar-refractivity contribution is 0.0904. The molecule has 2 aliphatic rings. The molecule has 2 aliphatic heterocycles. The highest BCUT2D eigenvalue weighted by Crippen LogP contribution is 2.35. The van der Waals surface area contributed by atoms with E-state index in [-0.39, 0.29) is 12.1 Å². The van der Waals surface area contributed by atoms with E-state index in [1.54, 1.807) is 26.6 Å². The SMILES string of the molecule is COc1ccc(C2NNCC2CN2CCC(Oc3cccnc3)CC2)c(OC)c1. The van der Waals surface area contributed by atoms with Crippen LogP contribution in [0.25, 0.3) is 0 Å². The highest BCUT2D eigenvalue weighted by Gasteiger charge is 2.33. The van der Waals surface area contributed by atoms with Crippen molar-refractivity contribution >= 4 is 0 Å². The molecule has 1 aromatic heterocycles. The monoisotopic (exact) mass is 398 g/mol. The number of aromatic nitrogens is 1. The van der Waals surface area contributed by atoms with Crippen molar-refractivity contribution in [2.45, 2.75) is 25.0 Å². The smallest absolute Gasteiger partial charge is 0.137 e. The predicted molar refractivity (Wildman–Crippen MR) is 111 cm³/mol. The summed E-state index contributed by atoms with van der Waals surface area (Å²) in [6.45, 7) is 4.08. The van der Waals surface area contributed by atoms with Crippen LogP contribution in [0.2, 0.25) is 0 Å². The molecule has 7 heteroatoms. The Morgan fingerprint density at radius 3 is 2.69 bits per heavy atom. The molecule has 29 heavy (non-hydrogen) atoms. The lowest BCUT2D eigenvalue weighted by Gasteiger charge is -2.34. The maximum atomic E-state index is 6.07. The zero-order valence-corrected chi connectivity index (χ0v) is 17.1. The number of hydrazine groups is 1. The summed E-state index contributed by atoms with van der Waals surface area (Å²) < 4.78 is 17.0. The molecule has 1 aromatic carbocycles. The van der Waals surface area contributed by atoms with Gasteiger partial charge in [-0.05, 0) is 31.0 Å². The third-order valence-electron chi connectivity index (χ3n) is 5.83. The van der Waals surface area contributed by atoms with Crippen LogP contribution in [-0.2, 0) is 0 Å². The van der Waals surface area contributed by atoms with Gasteiger partial charge in [0.25, 0.3) is 0 Å². The number of nitrogens with zero attached hydrogens (tertiary/aromatic N) is 2. The summed E-state index contributed by atoms with van der Waals surface area (Å²) in [5.41, 5.74) is 7.94. The van der Waals surface area contributed by atoms with Crippen LogP contribution < -0.4 is 25.1 Å². The molecule has 2 aromatic rings. The first kappa shape index (κ1) is 19.9. The van der Waals surface area contributed by atoms with E-state index in [9.17, 15) is 0 Å². The van der Waals surface area contributed by atoms with Gasteiger partial charge in [-0.25, -0.2) is 5.43 Å². The van der Waals surface area contributed by atoms with Gasteiger partial charge in [0.05, 0.1) is 26.5 Å². The second-order valence-corrected chi connectivity index (χ2v) is 7.68. The maximum absolute atomic E-state index is 6.07. The largest absolute Gasteiger partial charge is 0.497 e. The summed E-state index contributed by atoms with van der Waals surface area (Å²) in [7, 11) is 3.39. The fourth-order valence-corrected chi connectivity index (χ4v) is 4.26. The Hall–Kier alpha value is -2.35. The molecule has 0 amide bonds. The van der Waals surface area contributed by atoms with Gasteiger partial charge in [0.1, 0.15) is 23.4 Å². The van der Waals surface area contributed by atoms with E-state index >= 15 is 0 Å². The highest BCUT2D eigenvalue weighted by atomic mass is 16.5. The van der Waals surface area contributed by atoms with Crippen LogP contribution in [-0.4, -0.2) is 56.4 Å². The van der Waals surface area contributed by atoms with E-state index in [4.69, 9.17) is 14.2 Å². The van der Waals surface area contributed by atoms with Gasteiger partial charge in [-0.3, -0.25) is 10.4 Å². The lowest BCUT2D eigenvalue weighted by Crippen LogP contribution is -2.41. The molecule has 0 bridgehead atoms. The highest BCUT2D eigenvalue weighted by molar-refractivity contribution is 5.43. The van der Waals surface area contributed by atoms with E-state index in [2.05, 4.69) is 26.8 Å². The summed E-state index contributed by atoms with van der Waals surface area (Å²) in [5.74, 6) is 3.00. The summed E-state index contributed by atoms with van der Waals surface area (Å²) in [6, 6.07) is 10.1. The van der Waals surface area contributed by atoms with Gasteiger partial charge in [-0.2, -0.15) is 0 Å². The van der Waals surface area contributed by atoms with Gasteiger partial charge < -0.3 is 19.1 Å². The number of hydrogen-bond donors (Lipinski definition) is 2. The molecule has 0 aliphatic carbocycles. The predicted octanol–water partition coefficient (Wildman–Crippen LogP) is 2.41. The molecule has 0 radical (unpaired) electrons. The third kappa shape index (κ3) is 4.80. The molecule has 7 nitrogen and oxygen atoms in total. The van der Waals surface area contributed by atoms with Gasteiger partial charge in [0.15, 0.2) is 0 Å². The normalized spacial score (nSPS) is 23.1. The number of piperidine rings is 1. The lowest BCUT2D eigenvalue weighted by atomic mass is 9.92. The summed E-state index contributed by atoms with van der Waals surface area (Å²) in [5, 5.41) is 0. The van der Waals surface area contributed by atoms with Crippen molar-refractivity contribution in [3.63, 3.8) is 0 Å². The van der Waals surface area contributed by atoms with Crippen LogP contribution in [0.1, 0.15) is 24.4 Å². The van der Waals surface area contributed by atoms with Crippen LogP contribution in [0.3, 0.4) is 0 Å². The Balaban J connectivity index is 1.34. The summed E-state index contributed by atoms with van der Waals surface area (Å²) in [6.07, 6.45) is 5.91. The topological polar surface area (TPSA) is 67.9 Å². The molecular formula is C22H30N4O3. The van der Waals surface area contributed by atoms with E-state index in [0.717, 1.165) is 61.8 Å². The molecular weight excluding hydrogens is 368 g/mol. The van der Waals surface area contributed by atoms with Gasteiger partial charge in [-0.15, -0.1) is 0 Å². The van der Waals surface area contributed by atoms with Gasteiger partial charge in [-0.1, -0.05) is 6.07 Å². The minimum atomic E-state index is 0.209. The molecule has 2 unspecified atom stereocenters. The Morgan fingerprint density at radius 1 is 1.10 bits per heavy atom. The van der Waals surface area contributed by atoms with Crippen molar-refractivity contribution in [1.82, 2.24) is 20.7 Å². The Labute approximate surface area is 172 Å². The van der Waals surface area contributed by atoms with Crippen molar-refractivity contribution in [2.24, 2.45) is 5.92 Å². The quantitative estimate of drug-likeness (QED) is 0.742. The molecule has 2 N–H and O–H groups in total. The zero-order valence-electron chi connectivity index (χ0n) is 17.1. The first-order valence-corrected chi connectivity index (χ1v) is 10.3. The molecule has 4 rings (SSSR count). The van der Waals surface area contributed by atoms with Gasteiger partial charge >= 0.3 is 0 Å². The second kappa shape index (κ2) is 9.43. The summed E-state index contributed by atoms with van der Waals surface area (Å²) >= 11 is 0. The van der Waals surface area contributed by atoms with Crippen molar-refractivity contribution in [3.05, 3.63) is 48.3 Å². The van der Waals surface area contributed by atoms with Crippen LogP contribution in [0, 0.1) is 5.92 Å². The van der Waals surface area contributed by atoms with Crippen LogP contribution in [0.15, 0.2) is 42.7 Å². The number of hydrogen-bond acceptors (Lipinski definition) is 7. The maximum Gasteiger partial charge on any atom is 0.137 e. The molecule has 0 spiro atoms. The first-order valence-electron chi connectivity index (χ1n) is 10.3. The van der Waals surface area contributed by atoms with E-state index < -0.39 is 0 Å². The zero-order chi connectivity index (χ0) is 20.1. The summed E-state index contributed by atoms with van der Waals surface area (Å²) in [4.78, 5) is 6.68. The molecule has 3 heterocycles. The minimum Gasteiger partial charge on any atom is -0.497 e. The van der Waals surface area contributed by atoms with E-state index in [1.165, 1.54) is 0 Å². The molecule has 2 fully saturated rings. The molecule has 156 valence electrons. The number of rotatable bonds is 7. The van der Waals surface area contributed by atoms with E-state index in [1.807, 2.05) is 24.3 Å². The number of ether oxygens (including phenoxy) is 3. The average molecular weight is 399 g/mol. The van der Waals surface area contributed by atoms with Gasteiger partial charge in [0.2, 0.25) is 0 Å². The van der Waals surface area contributed by atoms with Crippen molar-refractivity contribution in [3.8, 4) is 17.2 Å². The minimum absolute atomic E-state index is 0.209. The van der Waals surface area contributed by atoms with Crippen molar-refractivity contribution in [1.29, 1.82) is 0 Å². The Kier molecular flexibility index (Phi) is 6.49. The number of pyridine rings is 1. The van der Waals surface area contributed by atoms with Crippen LogP contribution in [0.4, 0.5) is 0 Å². The first-order chi connectivity index (χ1) is 14.3. The number of likely N-dealkylation sites (tertiary alicyclic amines) is 1. The molecule has 0 saturated carbocycles.